The van der Waals surface area contributed by atoms with Gasteiger partial charge in [-0.1, -0.05) is 6.07 Å². The number of piperidine rings is 1. The van der Waals surface area contributed by atoms with Gasteiger partial charge in [0.25, 0.3) is 0 Å². The highest BCUT2D eigenvalue weighted by molar-refractivity contribution is 5.68. The van der Waals surface area contributed by atoms with E-state index in [1.54, 1.807) is 11.1 Å². The molecule has 1 fully saturated rings. The zero-order chi connectivity index (χ0) is 15.5. The molecule has 1 aliphatic rings. The lowest BCUT2D eigenvalue weighted by atomic mass is 9.91. The second-order valence-corrected chi connectivity index (χ2v) is 6.53. The number of ether oxygens (including phenoxy) is 1. The van der Waals surface area contributed by atoms with Gasteiger partial charge < -0.3 is 14.7 Å². The zero-order valence-electron chi connectivity index (χ0n) is 13.0. The Bertz CT molecular complexity index is 470. The Morgan fingerprint density at radius 1 is 1.48 bits per heavy atom. The third kappa shape index (κ3) is 4.43. The van der Waals surface area contributed by atoms with Crippen molar-refractivity contribution in [2.75, 3.05) is 13.1 Å². The molecule has 0 aromatic carbocycles. The van der Waals surface area contributed by atoms with E-state index < -0.39 is 11.7 Å². The van der Waals surface area contributed by atoms with Crippen LogP contribution in [0.4, 0.5) is 4.79 Å². The van der Waals surface area contributed by atoms with Gasteiger partial charge in [0.1, 0.15) is 11.7 Å². The van der Waals surface area contributed by atoms with Gasteiger partial charge in [-0.2, -0.15) is 0 Å². The molecule has 0 bridgehead atoms. The number of hydrogen-bond donors (Lipinski definition) is 1. The van der Waals surface area contributed by atoms with E-state index in [1.807, 2.05) is 39.0 Å². The molecule has 21 heavy (non-hydrogen) atoms. The summed E-state index contributed by atoms with van der Waals surface area (Å²) >= 11 is 0. The first-order valence-corrected chi connectivity index (χ1v) is 7.44. The number of aliphatic hydroxyl groups excluding tert-OH is 1. The van der Waals surface area contributed by atoms with Crippen molar-refractivity contribution in [1.82, 2.24) is 9.88 Å². The quantitative estimate of drug-likeness (QED) is 0.910. The lowest BCUT2D eigenvalue weighted by molar-refractivity contribution is 0.00173. The van der Waals surface area contributed by atoms with E-state index in [1.165, 1.54) is 0 Å². The molecule has 2 atom stereocenters. The third-order valence-electron chi connectivity index (χ3n) is 3.55. The Morgan fingerprint density at radius 2 is 2.24 bits per heavy atom. The van der Waals surface area contributed by atoms with Crippen molar-refractivity contribution < 1.29 is 14.6 Å². The highest BCUT2D eigenvalue weighted by Crippen LogP contribution is 2.29. The van der Waals surface area contributed by atoms with E-state index >= 15 is 0 Å². The predicted molar refractivity (Wildman–Crippen MR) is 79.7 cm³/mol. The van der Waals surface area contributed by atoms with E-state index in [-0.39, 0.29) is 12.0 Å². The first-order chi connectivity index (χ1) is 9.87. The number of rotatable bonds is 2. The largest absolute Gasteiger partial charge is 0.444 e. The molecular weight excluding hydrogens is 268 g/mol. The topological polar surface area (TPSA) is 62.7 Å². The summed E-state index contributed by atoms with van der Waals surface area (Å²) in [6, 6.07) is 5.50. The average Bonchev–Trinajstić information content (AvgIpc) is 2.46. The lowest BCUT2D eigenvalue weighted by Gasteiger charge is -2.35. The molecule has 1 aromatic rings. The van der Waals surface area contributed by atoms with Gasteiger partial charge in [0, 0.05) is 25.2 Å². The highest BCUT2D eigenvalue weighted by atomic mass is 16.6. The Morgan fingerprint density at radius 3 is 2.86 bits per heavy atom. The highest BCUT2D eigenvalue weighted by Gasteiger charge is 2.31. The molecule has 1 saturated heterocycles. The Balaban J connectivity index is 1.99. The van der Waals surface area contributed by atoms with Crippen LogP contribution in [0.15, 0.2) is 24.4 Å². The molecule has 1 aliphatic heterocycles. The average molecular weight is 292 g/mol. The van der Waals surface area contributed by atoms with Crippen LogP contribution < -0.4 is 0 Å². The molecule has 1 amide bonds. The molecule has 0 spiro atoms. The van der Waals surface area contributed by atoms with E-state index in [2.05, 4.69) is 4.98 Å². The lowest BCUT2D eigenvalue weighted by Crippen LogP contribution is -2.44. The van der Waals surface area contributed by atoms with Gasteiger partial charge in [-0.25, -0.2) is 4.79 Å². The number of carbonyl (C=O) groups excluding carboxylic acids is 1. The number of nitrogens with zero attached hydrogens (tertiary/aromatic N) is 2. The molecule has 0 aliphatic carbocycles. The number of likely N-dealkylation sites (tertiary alicyclic amines) is 1. The van der Waals surface area contributed by atoms with E-state index in [0.717, 1.165) is 12.8 Å². The summed E-state index contributed by atoms with van der Waals surface area (Å²) < 4.78 is 5.40. The third-order valence-corrected chi connectivity index (χ3v) is 3.55. The minimum atomic E-state index is -0.642. The van der Waals surface area contributed by atoms with Crippen LogP contribution in [0, 0.1) is 5.92 Å². The smallest absolute Gasteiger partial charge is 0.410 e. The fourth-order valence-corrected chi connectivity index (χ4v) is 2.55. The van der Waals surface area contributed by atoms with Crippen LogP contribution in [0.2, 0.25) is 0 Å². The van der Waals surface area contributed by atoms with Crippen LogP contribution in [0.5, 0.6) is 0 Å². The van der Waals surface area contributed by atoms with E-state index in [9.17, 15) is 9.90 Å². The maximum absolute atomic E-state index is 12.1. The first kappa shape index (κ1) is 15.8. The second-order valence-electron chi connectivity index (χ2n) is 6.53. The van der Waals surface area contributed by atoms with Crippen LogP contribution >= 0.6 is 0 Å². The standard InChI is InChI=1S/C16H24N2O3/c1-16(2,3)21-15(20)18-10-6-7-12(11-18)14(19)13-8-4-5-9-17-13/h4-5,8-9,12,14,19H,6-7,10-11H2,1-3H3/t12-,14?/m0/s1. The molecule has 0 radical (unpaired) electrons. The number of aromatic nitrogens is 1. The van der Waals surface area contributed by atoms with Crippen molar-refractivity contribution in [2.24, 2.45) is 5.92 Å². The van der Waals surface area contributed by atoms with Crippen molar-refractivity contribution in [2.45, 2.75) is 45.3 Å². The van der Waals surface area contributed by atoms with Crippen molar-refractivity contribution >= 4 is 6.09 Å². The monoisotopic (exact) mass is 292 g/mol. The SMILES string of the molecule is CC(C)(C)OC(=O)N1CCC[C@H](C(O)c2ccccn2)C1. The maximum Gasteiger partial charge on any atom is 0.410 e. The van der Waals surface area contributed by atoms with Gasteiger partial charge in [0.15, 0.2) is 0 Å². The number of carbonyl (C=O) groups is 1. The molecule has 5 nitrogen and oxygen atoms in total. The van der Waals surface area contributed by atoms with Crippen molar-refractivity contribution in [3.63, 3.8) is 0 Å². The second kappa shape index (κ2) is 6.43. The summed E-state index contributed by atoms with van der Waals surface area (Å²) in [7, 11) is 0. The summed E-state index contributed by atoms with van der Waals surface area (Å²) in [6.45, 7) is 6.76. The fraction of sp³-hybridized carbons (Fsp3) is 0.625. The summed E-state index contributed by atoms with van der Waals surface area (Å²) in [5.41, 5.74) is 0.164. The molecule has 1 unspecified atom stereocenters. The number of pyridine rings is 1. The van der Waals surface area contributed by atoms with Gasteiger partial charge >= 0.3 is 6.09 Å². The van der Waals surface area contributed by atoms with Crippen molar-refractivity contribution in [1.29, 1.82) is 0 Å². The van der Waals surface area contributed by atoms with Gasteiger partial charge in [0.2, 0.25) is 0 Å². The fourth-order valence-electron chi connectivity index (χ4n) is 2.55. The van der Waals surface area contributed by atoms with E-state index in [4.69, 9.17) is 4.74 Å². The van der Waals surface area contributed by atoms with Gasteiger partial charge in [-0.15, -0.1) is 0 Å². The molecule has 0 saturated carbocycles. The number of hydrogen-bond acceptors (Lipinski definition) is 4. The normalized spacial score (nSPS) is 21.0. The molecule has 5 heteroatoms. The maximum atomic E-state index is 12.1. The zero-order valence-corrected chi connectivity index (χ0v) is 13.0. The molecule has 1 aromatic heterocycles. The van der Waals surface area contributed by atoms with Gasteiger partial charge in [-0.3, -0.25) is 4.98 Å². The molecule has 116 valence electrons. The Hall–Kier alpha value is -1.62. The molecular formula is C16H24N2O3. The summed E-state index contributed by atoms with van der Waals surface area (Å²) in [5.74, 6) is 0.00108. The Kier molecular flexibility index (Phi) is 4.83. The van der Waals surface area contributed by atoms with Gasteiger partial charge in [-0.05, 0) is 45.7 Å². The summed E-state index contributed by atoms with van der Waals surface area (Å²) in [4.78, 5) is 18.0. The van der Waals surface area contributed by atoms with Crippen LogP contribution in [-0.4, -0.2) is 39.8 Å². The molecule has 2 rings (SSSR count). The molecule has 1 N–H and O–H groups in total. The van der Waals surface area contributed by atoms with Crippen LogP contribution in [0.3, 0.4) is 0 Å². The predicted octanol–water partition coefficient (Wildman–Crippen LogP) is 2.76. The van der Waals surface area contributed by atoms with Crippen LogP contribution in [-0.2, 0) is 4.74 Å². The van der Waals surface area contributed by atoms with Gasteiger partial charge in [0.05, 0.1) is 5.69 Å². The summed E-state index contributed by atoms with van der Waals surface area (Å²) in [5, 5.41) is 10.4. The van der Waals surface area contributed by atoms with Crippen molar-refractivity contribution in [3.8, 4) is 0 Å². The first-order valence-electron chi connectivity index (χ1n) is 7.44. The molecule has 2 heterocycles. The number of aliphatic hydroxyl groups is 1. The van der Waals surface area contributed by atoms with Crippen LogP contribution in [0.1, 0.15) is 45.4 Å². The summed E-state index contributed by atoms with van der Waals surface area (Å²) in [6.07, 6.45) is 2.48. The van der Waals surface area contributed by atoms with E-state index in [0.29, 0.717) is 18.8 Å². The van der Waals surface area contributed by atoms with Crippen LogP contribution in [0.25, 0.3) is 0 Å². The number of amides is 1. The Labute approximate surface area is 125 Å². The minimum Gasteiger partial charge on any atom is -0.444 e. The van der Waals surface area contributed by atoms with Crippen molar-refractivity contribution in [3.05, 3.63) is 30.1 Å². The minimum absolute atomic E-state index is 0.00108.